The summed E-state index contributed by atoms with van der Waals surface area (Å²) in [4.78, 5) is 16.0. The van der Waals surface area contributed by atoms with Crippen LogP contribution in [0.25, 0.3) is 10.9 Å². The molecule has 2 heterocycles. The maximum absolute atomic E-state index is 12.0. The molecule has 5 heteroatoms. The summed E-state index contributed by atoms with van der Waals surface area (Å²) < 4.78 is 0.783. The molecule has 20 heavy (non-hydrogen) atoms. The van der Waals surface area contributed by atoms with Gasteiger partial charge >= 0.3 is 0 Å². The van der Waals surface area contributed by atoms with E-state index in [0.29, 0.717) is 13.1 Å². The molecule has 3 aromatic rings. The van der Waals surface area contributed by atoms with Gasteiger partial charge in [-0.3, -0.25) is 4.79 Å². The number of nitrogens with one attached hydrogen (secondary N) is 2. The molecule has 0 aliphatic rings. The molecule has 3 rings (SSSR count). The van der Waals surface area contributed by atoms with Gasteiger partial charge in [0.05, 0.1) is 4.34 Å². The molecule has 0 amide bonds. The van der Waals surface area contributed by atoms with E-state index in [1.807, 2.05) is 42.5 Å². The van der Waals surface area contributed by atoms with Crippen LogP contribution in [0.1, 0.15) is 10.4 Å². The number of benzene rings is 1. The Morgan fingerprint density at radius 2 is 2.00 bits per heavy atom. The Kier molecular flexibility index (Phi) is 3.87. The van der Waals surface area contributed by atoms with E-state index in [-0.39, 0.29) is 5.56 Å². The number of hydrogen-bond acceptors (Lipinski definition) is 3. The van der Waals surface area contributed by atoms with Crippen LogP contribution < -0.4 is 10.9 Å². The summed E-state index contributed by atoms with van der Waals surface area (Å²) in [6, 6.07) is 13.6. The van der Waals surface area contributed by atoms with E-state index < -0.39 is 0 Å². The normalized spacial score (nSPS) is 11.1. The number of fused-ring (bicyclic) bond motifs is 1. The van der Waals surface area contributed by atoms with Gasteiger partial charge in [-0.25, -0.2) is 0 Å². The van der Waals surface area contributed by atoms with Crippen molar-refractivity contribution in [1.82, 2.24) is 10.3 Å². The van der Waals surface area contributed by atoms with E-state index >= 15 is 0 Å². The molecular weight excluding hydrogens is 292 g/mol. The summed E-state index contributed by atoms with van der Waals surface area (Å²) in [5.41, 5.74) is 1.57. The molecule has 2 aromatic heterocycles. The van der Waals surface area contributed by atoms with Crippen molar-refractivity contribution in [2.75, 3.05) is 0 Å². The Labute approximate surface area is 125 Å². The van der Waals surface area contributed by atoms with Crippen LogP contribution in [0.5, 0.6) is 0 Å². The van der Waals surface area contributed by atoms with Gasteiger partial charge in [-0.2, -0.15) is 0 Å². The maximum Gasteiger partial charge on any atom is 0.252 e. The molecule has 0 aliphatic carbocycles. The molecule has 0 aliphatic heterocycles. The molecule has 0 fully saturated rings. The van der Waals surface area contributed by atoms with E-state index in [4.69, 9.17) is 11.6 Å². The minimum Gasteiger partial charge on any atom is -0.322 e. The molecule has 0 saturated carbocycles. The van der Waals surface area contributed by atoms with E-state index in [1.165, 1.54) is 0 Å². The minimum absolute atomic E-state index is 0.0413. The van der Waals surface area contributed by atoms with Gasteiger partial charge in [0.25, 0.3) is 5.56 Å². The lowest BCUT2D eigenvalue weighted by Crippen LogP contribution is -2.20. The summed E-state index contributed by atoms with van der Waals surface area (Å²) in [6.07, 6.45) is 0. The van der Waals surface area contributed by atoms with Gasteiger partial charge < -0.3 is 10.3 Å². The summed E-state index contributed by atoms with van der Waals surface area (Å²) >= 11 is 7.43. The number of thiophene rings is 1. The van der Waals surface area contributed by atoms with Crippen LogP contribution in [0.2, 0.25) is 4.34 Å². The van der Waals surface area contributed by atoms with Crippen molar-refractivity contribution in [3.05, 3.63) is 67.6 Å². The summed E-state index contributed by atoms with van der Waals surface area (Å²) in [5, 5.41) is 4.31. The Balaban J connectivity index is 1.74. The molecule has 3 nitrogen and oxygen atoms in total. The number of pyridine rings is 1. The lowest BCUT2D eigenvalue weighted by Gasteiger charge is -2.04. The van der Waals surface area contributed by atoms with Crippen molar-refractivity contribution < 1.29 is 0 Å². The van der Waals surface area contributed by atoms with Gasteiger partial charge in [0.2, 0.25) is 0 Å². The molecule has 0 spiro atoms. The second-order valence-electron chi connectivity index (χ2n) is 4.52. The highest BCUT2D eigenvalue weighted by molar-refractivity contribution is 7.16. The van der Waals surface area contributed by atoms with E-state index in [9.17, 15) is 4.79 Å². The van der Waals surface area contributed by atoms with Crippen molar-refractivity contribution in [1.29, 1.82) is 0 Å². The second-order valence-corrected chi connectivity index (χ2v) is 6.32. The third-order valence-electron chi connectivity index (χ3n) is 3.07. The molecule has 1 aromatic carbocycles. The molecule has 2 N–H and O–H groups in total. The van der Waals surface area contributed by atoms with Crippen LogP contribution in [0.4, 0.5) is 0 Å². The standard InChI is InChI=1S/C15H13ClN2OS/c16-14-6-5-12(20-14)9-17-8-11-7-10-3-1-2-4-13(10)18-15(11)19/h1-7,17H,8-9H2,(H,18,19). The predicted octanol–water partition coefficient (Wildman–Crippen LogP) is 3.53. The number of hydrogen-bond donors (Lipinski definition) is 2. The fraction of sp³-hybridized carbons (Fsp3) is 0.133. The van der Waals surface area contributed by atoms with Crippen LogP contribution in [-0.4, -0.2) is 4.98 Å². The zero-order valence-corrected chi connectivity index (χ0v) is 12.2. The van der Waals surface area contributed by atoms with Gasteiger partial charge in [0, 0.05) is 29.0 Å². The third-order valence-corrected chi connectivity index (χ3v) is 4.31. The highest BCUT2D eigenvalue weighted by Crippen LogP contribution is 2.21. The Morgan fingerprint density at radius 1 is 1.15 bits per heavy atom. The molecule has 0 bridgehead atoms. The SMILES string of the molecule is O=c1[nH]c2ccccc2cc1CNCc1ccc(Cl)s1. The van der Waals surface area contributed by atoms with Crippen molar-refractivity contribution >= 4 is 33.8 Å². The van der Waals surface area contributed by atoms with Crippen LogP contribution in [0, 0.1) is 0 Å². The molecule has 102 valence electrons. The first-order chi connectivity index (χ1) is 9.72. The van der Waals surface area contributed by atoms with Gasteiger partial charge in [-0.05, 0) is 29.7 Å². The van der Waals surface area contributed by atoms with Crippen molar-refractivity contribution in [3.8, 4) is 0 Å². The first kappa shape index (κ1) is 13.4. The number of halogens is 1. The zero-order valence-electron chi connectivity index (χ0n) is 10.7. The van der Waals surface area contributed by atoms with E-state index in [2.05, 4.69) is 10.3 Å². The summed E-state index contributed by atoms with van der Waals surface area (Å²) in [6.45, 7) is 1.25. The van der Waals surface area contributed by atoms with Crippen molar-refractivity contribution in [2.24, 2.45) is 0 Å². The highest BCUT2D eigenvalue weighted by atomic mass is 35.5. The van der Waals surface area contributed by atoms with Gasteiger partial charge in [0.1, 0.15) is 0 Å². The first-order valence-corrected chi connectivity index (χ1v) is 7.48. The average molecular weight is 305 g/mol. The topological polar surface area (TPSA) is 44.9 Å². The van der Waals surface area contributed by atoms with Crippen LogP contribution >= 0.6 is 22.9 Å². The number of H-pyrrole nitrogens is 1. The summed E-state index contributed by atoms with van der Waals surface area (Å²) in [5.74, 6) is 0. The fourth-order valence-corrected chi connectivity index (χ4v) is 3.15. The van der Waals surface area contributed by atoms with Crippen molar-refractivity contribution in [3.63, 3.8) is 0 Å². The maximum atomic E-state index is 12.0. The Hall–Kier alpha value is -1.62. The summed E-state index contributed by atoms with van der Waals surface area (Å²) in [7, 11) is 0. The smallest absolute Gasteiger partial charge is 0.252 e. The van der Waals surface area contributed by atoms with Crippen LogP contribution in [0.3, 0.4) is 0 Å². The average Bonchev–Trinajstić information content (AvgIpc) is 2.85. The molecule has 0 unspecified atom stereocenters. The molecule has 0 atom stereocenters. The predicted molar refractivity (Wildman–Crippen MR) is 84.4 cm³/mol. The fourth-order valence-electron chi connectivity index (χ4n) is 2.09. The molecular formula is C15H13ClN2OS. The largest absolute Gasteiger partial charge is 0.322 e. The second kappa shape index (κ2) is 5.79. The Bertz CT molecular complexity index is 794. The molecule has 0 radical (unpaired) electrons. The number of aromatic nitrogens is 1. The first-order valence-electron chi connectivity index (χ1n) is 6.28. The third kappa shape index (κ3) is 2.93. The van der Waals surface area contributed by atoms with Crippen LogP contribution in [0.15, 0.2) is 47.3 Å². The lowest BCUT2D eigenvalue weighted by atomic mass is 10.1. The monoisotopic (exact) mass is 304 g/mol. The molecule has 0 saturated heterocycles. The quantitative estimate of drug-likeness (QED) is 0.774. The van der Waals surface area contributed by atoms with Gasteiger partial charge in [0.15, 0.2) is 0 Å². The van der Waals surface area contributed by atoms with Crippen molar-refractivity contribution in [2.45, 2.75) is 13.1 Å². The zero-order chi connectivity index (χ0) is 13.9. The van der Waals surface area contributed by atoms with E-state index in [1.54, 1.807) is 11.3 Å². The number of aromatic amines is 1. The minimum atomic E-state index is -0.0413. The highest BCUT2D eigenvalue weighted by Gasteiger charge is 2.03. The lowest BCUT2D eigenvalue weighted by molar-refractivity contribution is 0.696. The van der Waals surface area contributed by atoms with Crippen LogP contribution in [-0.2, 0) is 13.1 Å². The van der Waals surface area contributed by atoms with Gasteiger partial charge in [-0.15, -0.1) is 11.3 Å². The number of para-hydroxylation sites is 1. The number of rotatable bonds is 4. The van der Waals surface area contributed by atoms with E-state index in [0.717, 1.165) is 25.7 Å². The Morgan fingerprint density at radius 3 is 2.80 bits per heavy atom. The van der Waals surface area contributed by atoms with Gasteiger partial charge in [-0.1, -0.05) is 29.8 Å².